The fourth-order valence-electron chi connectivity index (χ4n) is 5.54. The molecule has 3 N–H and O–H groups in total. The van der Waals surface area contributed by atoms with Gasteiger partial charge < -0.3 is 5.73 Å². The van der Waals surface area contributed by atoms with Crippen LogP contribution in [0.25, 0.3) is 22.5 Å². The van der Waals surface area contributed by atoms with Crippen LogP contribution in [-0.4, -0.2) is 41.4 Å². The van der Waals surface area contributed by atoms with Gasteiger partial charge in [0.15, 0.2) is 11.6 Å². The van der Waals surface area contributed by atoms with E-state index in [2.05, 4.69) is 62.6 Å². The third-order valence-electron chi connectivity index (χ3n) is 7.84. The Balaban J connectivity index is 1.30. The number of hydrogen-bond acceptors (Lipinski definition) is 6. The average molecular weight is 513 g/mol. The van der Waals surface area contributed by atoms with Gasteiger partial charge in [0.05, 0.1) is 6.54 Å². The Morgan fingerprint density at radius 1 is 0.921 bits per heavy atom. The van der Waals surface area contributed by atoms with Crippen molar-refractivity contribution in [2.24, 2.45) is 11.7 Å². The molecule has 200 valence electrons. The molecule has 2 heterocycles. The molecular weight excluding hydrogens is 472 g/mol. The highest BCUT2D eigenvalue weighted by Gasteiger charge is 2.20. The van der Waals surface area contributed by atoms with Gasteiger partial charge >= 0.3 is 0 Å². The summed E-state index contributed by atoms with van der Waals surface area (Å²) in [6.45, 7) is 2.99. The van der Waals surface area contributed by atoms with Crippen LogP contribution in [0, 0.1) is 5.92 Å². The Morgan fingerprint density at radius 2 is 1.71 bits per heavy atom. The minimum Gasteiger partial charge on any atom is -0.328 e. The molecule has 4 aromatic rings. The monoisotopic (exact) mass is 512 g/mol. The lowest BCUT2D eigenvalue weighted by atomic mass is 9.84. The van der Waals surface area contributed by atoms with Crippen molar-refractivity contribution in [3.8, 4) is 22.5 Å². The fraction of sp³-hybridized carbons (Fsp3) is 0.500. The van der Waals surface area contributed by atoms with Gasteiger partial charge in [-0.15, -0.1) is 5.10 Å². The number of unbranched alkanes of at least 4 members (excludes halogenated alkanes) is 3. The van der Waals surface area contributed by atoms with E-state index < -0.39 is 0 Å². The van der Waals surface area contributed by atoms with Crippen LogP contribution >= 0.6 is 0 Å². The van der Waals surface area contributed by atoms with Crippen molar-refractivity contribution < 1.29 is 0 Å². The average Bonchev–Trinajstić information content (AvgIpc) is 3.62. The molecule has 1 aliphatic rings. The largest absolute Gasteiger partial charge is 0.328 e. The summed E-state index contributed by atoms with van der Waals surface area (Å²) in [5.41, 5.74) is 10.6. The number of aromatic nitrogens is 7. The number of nitrogens with zero attached hydrogens (tertiary/aromatic N) is 6. The van der Waals surface area contributed by atoms with Crippen LogP contribution in [0.5, 0.6) is 0 Å². The standard InChI is InChI=1S/C30H40N8/c1-2-3-4-5-10-28-32-29(20-15-22-13-18-25(31)19-14-22)38(35-28)21-23-11-16-24(17-12-23)26-8-6-7-9-27(26)30-33-36-37-34-30/h6-9,11-12,16-17,22,25H,2-5,10,13-15,18-21,31H2,1H3,(H,33,34,36,37). The summed E-state index contributed by atoms with van der Waals surface area (Å²) >= 11 is 0. The first-order chi connectivity index (χ1) is 18.7. The summed E-state index contributed by atoms with van der Waals surface area (Å²) in [7, 11) is 0. The first-order valence-corrected chi connectivity index (χ1v) is 14.3. The molecule has 2 aromatic heterocycles. The number of nitrogens with one attached hydrogen (secondary N) is 1. The summed E-state index contributed by atoms with van der Waals surface area (Å²) in [4.78, 5) is 5.01. The molecule has 1 aliphatic carbocycles. The molecule has 0 atom stereocenters. The van der Waals surface area contributed by atoms with Crippen LogP contribution in [0.3, 0.4) is 0 Å². The van der Waals surface area contributed by atoms with Crippen LogP contribution in [0.2, 0.25) is 0 Å². The Hall–Kier alpha value is -3.39. The van der Waals surface area contributed by atoms with E-state index >= 15 is 0 Å². The van der Waals surface area contributed by atoms with Crippen molar-refractivity contribution in [1.29, 1.82) is 0 Å². The van der Waals surface area contributed by atoms with Crippen molar-refractivity contribution in [2.45, 2.75) is 90.1 Å². The maximum absolute atomic E-state index is 6.13. The van der Waals surface area contributed by atoms with Crippen LogP contribution in [0.4, 0.5) is 0 Å². The second kappa shape index (κ2) is 12.9. The zero-order valence-electron chi connectivity index (χ0n) is 22.5. The van der Waals surface area contributed by atoms with Gasteiger partial charge in [-0.2, -0.15) is 5.10 Å². The highest BCUT2D eigenvalue weighted by molar-refractivity contribution is 5.80. The lowest BCUT2D eigenvalue weighted by Crippen LogP contribution is -2.26. The van der Waals surface area contributed by atoms with Crippen LogP contribution in [-0.2, 0) is 19.4 Å². The summed E-state index contributed by atoms with van der Waals surface area (Å²) in [5, 5.41) is 19.4. The Labute approximate surface area is 225 Å². The van der Waals surface area contributed by atoms with E-state index in [4.69, 9.17) is 15.8 Å². The van der Waals surface area contributed by atoms with E-state index in [-0.39, 0.29) is 0 Å². The molecular formula is C30H40N8. The molecule has 0 amide bonds. The van der Waals surface area contributed by atoms with Crippen molar-refractivity contribution in [3.05, 3.63) is 65.7 Å². The van der Waals surface area contributed by atoms with E-state index in [0.717, 1.165) is 72.9 Å². The van der Waals surface area contributed by atoms with E-state index in [0.29, 0.717) is 11.9 Å². The van der Waals surface area contributed by atoms with Gasteiger partial charge in [-0.05, 0) is 71.6 Å². The number of hydrogen-bond donors (Lipinski definition) is 2. The number of tetrazole rings is 1. The van der Waals surface area contributed by atoms with Crippen LogP contribution < -0.4 is 5.73 Å². The number of nitrogens with two attached hydrogens (primary N) is 1. The Morgan fingerprint density at radius 3 is 2.45 bits per heavy atom. The number of aromatic amines is 1. The van der Waals surface area contributed by atoms with Gasteiger partial charge in [0, 0.05) is 24.4 Å². The van der Waals surface area contributed by atoms with Crippen LogP contribution in [0.15, 0.2) is 48.5 Å². The number of H-pyrrole nitrogens is 1. The third-order valence-corrected chi connectivity index (χ3v) is 7.84. The van der Waals surface area contributed by atoms with E-state index in [1.54, 1.807) is 0 Å². The summed E-state index contributed by atoms with van der Waals surface area (Å²) in [5.74, 6) is 3.54. The molecule has 5 rings (SSSR count). The predicted octanol–water partition coefficient (Wildman–Crippen LogP) is 5.75. The Kier molecular flexibility index (Phi) is 8.91. The molecule has 0 radical (unpaired) electrons. The number of benzene rings is 2. The maximum Gasteiger partial charge on any atom is 0.180 e. The van der Waals surface area contributed by atoms with Gasteiger partial charge in [0.25, 0.3) is 0 Å². The van der Waals surface area contributed by atoms with Crippen molar-refractivity contribution in [2.75, 3.05) is 0 Å². The molecule has 0 spiro atoms. The van der Waals surface area contributed by atoms with Crippen LogP contribution in [0.1, 0.15) is 81.9 Å². The quantitative estimate of drug-likeness (QED) is 0.234. The van der Waals surface area contributed by atoms with E-state index in [9.17, 15) is 0 Å². The molecule has 0 saturated heterocycles. The van der Waals surface area contributed by atoms with Crippen molar-refractivity contribution in [1.82, 2.24) is 35.4 Å². The highest BCUT2D eigenvalue weighted by Crippen LogP contribution is 2.30. The predicted molar refractivity (Wildman–Crippen MR) is 150 cm³/mol. The Bertz CT molecular complexity index is 1250. The molecule has 0 bridgehead atoms. The zero-order valence-corrected chi connectivity index (χ0v) is 22.5. The lowest BCUT2D eigenvalue weighted by Gasteiger charge is -2.25. The first-order valence-electron chi connectivity index (χ1n) is 14.3. The summed E-state index contributed by atoms with van der Waals surface area (Å²) in [6.07, 6.45) is 12.8. The molecule has 38 heavy (non-hydrogen) atoms. The number of aryl methyl sites for hydroxylation is 2. The van der Waals surface area contributed by atoms with Crippen molar-refractivity contribution in [3.63, 3.8) is 0 Å². The highest BCUT2D eigenvalue weighted by atomic mass is 15.5. The second-order valence-electron chi connectivity index (χ2n) is 10.7. The fourth-order valence-corrected chi connectivity index (χ4v) is 5.54. The molecule has 0 aliphatic heterocycles. The molecule has 8 heteroatoms. The molecule has 8 nitrogen and oxygen atoms in total. The van der Waals surface area contributed by atoms with Gasteiger partial charge in [0.2, 0.25) is 0 Å². The first kappa shape index (κ1) is 26.2. The SMILES string of the molecule is CCCCCCc1nc(CCC2CCC(N)CC2)n(Cc2ccc(-c3ccccc3-c3nnn[nH]3)cc2)n1. The van der Waals surface area contributed by atoms with E-state index in [1.165, 1.54) is 44.1 Å². The van der Waals surface area contributed by atoms with E-state index in [1.807, 2.05) is 18.2 Å². The topological polar surface area (TPSA) is 111 Å². The van der Waals surface area contributed by atoms with Gasteiger partial charge in [-0.3, -0.25) is 0 Å². The molecule has 1 fully saturated rings. The minimum atomic E-state index is 0.395. The van der Waals surface area contributed by atoms with Crippen molar-refractivity contribution >= 4 is 0 Å². The minimum absolute atomic E-state index is 0.395. The van der Waals surface area contributed by atoms with Gasteiger partial charge in [0.1, 0.15) is 5.82 Å². The van der Waals surface area contributed by atoms with Gasteiger partial charge in [-0.25, -0.2) is 14.8 Å². The molecule has 2 aromatic carbocycles. The maximum atomic E-state index is 6.13. The van der Waals surface area contributed by atoms with Gasteiger partial charge in [-0.1, -0.05) is 74.7 Å². The zero-order chi connectivity index (χ0) is 26.2. The lowest BCUT2D eigenvalue weighted by molar-refractivity contribution is 0.308. The molecule has 1 saturated carbocycles. The normalized spacial score (nSPS) is 17.6. The second-order valence-corrected chi connectivity index (χ2v) is 10.7. The summed E-state index contributed by atoms with van der Waals surface area (Å²) in [6, 6.07) is 17.3. The summed E-state index contributed by atoms with van der Waals surface area (Å²) < 4.78 is 2.15. The number of rotatable bonds is 12. The smallest absolute Gasteiger partial charge is 0.180 e. The third kappa shape index (κ3) is 6.72. The molecule has 0 unspecified atom stereocenters.